The van der Waals surface area contributed by atoms with Crippen molar-refractivity contribution in [2.45, 2.75) is 58.6 Å². The summed E-state index contributed by atoms with van der Waals surface area (Å²) < 4.78 is 9.92. The summed E-state index contributed by atoms with van der Waals surface area (Å²) in [5.41, 5.74) is -0.579. The Morgan fingerprint density at radius 3 is 2.40 bits per heavy atom. The predicted molar refractivity (Wildman–Crippen MR) is 72.2 cm³/mol. The fourth-order valence-corrected chi connectivity index (χ4v) is 1.47. The molecule has 0 aliphatic carbocycles. The average Bonchev–Trinajstić information content (AvgIpc) is 2.25. The van der Waals surface area contributed by atoms with Gasteiger partial charge in [0.2, 0.25) is 0 Å². The minimum Gasteiger partial charge on any atom is -0.466 e. The molecule has 0 aromatic heterocycles. The molecule has 0 bridgehead atoms. The minimum absolute atomic E-state index is 0.0210. The van der Waals surface area contributed by atoms with Crippen molar-refractivity contribution in [1.82, 2.24) is 5.32 Å². The summed E-state index contributed by atoms with van der Waals surface area (Å²) in [6, 6.07) is -0.354. The molecule has 20 heavy (non-hydrogen) atoms. The van der Waals surface area contributed by atoms with Crippen LogP contribution in [0.15, 0.2) is 0 Å². The fourth-order valence-electron chi connectivity index (χ4n) is 1.47. The molecule has 1 amide bonds. The SMILES string of the molecule is CC(=O)OCCCCC(COO)NC(=O)OC(C)(C)C. The van der Waals surface area contributed by atoms with Crippen LogP contribution in [0.2, 0.25) is 0 Å². The van der Waals surface area contributed by atoms with Gasteiger partial charge in [-0.3, -0.25) is 10.1 Å². The van der Waals surface area contributed by atoms with Gasteiger partial charge in [-0.15, -0.1) is 0 Å². The van der Waals surface area contributed by atoms with Gasteiger partial charge in [0.1, 0.15) is 12.2 Å². The first kappa shape index (κ1) is 18.7. The zero-order chi connectivity index (χ0) is 15.6. The van der Waals surface area contributed by atoms with Gasteiger partial charge in [-0.05, 0) is 40.0 Å². The normalized spacial score (nSPS) is 12.7. The maximum absolute atomic E-state index is 11.6. The number of alkyl carbamates (subject to hydrolysis) is 1. The molecule has 0 aromatic rings. The summed E-state index contributed by atoms with van der Waals surface area (Å²) >= 11 is 0. The maximum Gasteiger partial charge on any atom is 0.407 e. The molecule has 0 aromatic carbocycles. The lowest BCUT2D eigenvalue weighted by Gasteiger charge is -2.23. The Morgan fingerprint density at radius 1 is 1.25 bits per heavy atom. The van der Waals surface area contributed by atoms with Crippen molar-refractivity contribution >= 4 is 12.1 Å². The monoisotopic (exact) mass is 291 g/mol. The highest BCUT2D eigenvalue weighted by Gasteiger charge is 2.19. The van der Waals surface area contributed by atoms with E-state index in [1.807, 2.05) is 0 Å². The van der Waals surface area contributed by atoms with Crippen LogP contribution in [-0.2, 0) is 19.2 Å². The summed E-state index contributed by atoms with van der Waals surface area (Å²) in [6.45, 7) is 6.98. The number of hydrogen-bond donors (Lipinski definition) is 2. The van der Waals surface area contributed by atoms with Crippen molar-refractivity contribution < 1.29 is 29.2 Å². The zero-order valence-corrected chi connectivity index (χ0v) is 12.6. The van der Waals surface area contributed by atoms with Crippen LogP contribution in [0.4, 0.5) is 4.79 Å². The number of amides is 1. The van der Waals surface area contributed by atoms with Crippen molar-refractivity contribution in [2.24, 2.45) is 0 Å². The molecule has 1 atom stereocenters. The minimum atomic E-state index is -0.579. The van der Waals surface area contributed by atoms with Crippen LogP contribution in [0.1, 0.15) is 47.0 Å². The summed E-state index contributed by atoms with van der Waals surface area (Å²) in [5.74, 6) is -0.313. The van der Waals surface area contributed by atoms with E-state index in [2.05, 4.69) is 10.2 Å². The first-order valence-corrected chi connectivity index (χ1v) is 6.64. The van der Waals surface area contributed by atoms with Crippen molar-refractivity contribution in [2.75, 3.05) is 13.2 Å². The van der Waals surface area contributed by atoms with Crippen LogP contribution in [0.3, 0.4) is 0 Å². The number of ether oxygens (including phenoxy) is 2. The number of esters is 1. The van der Waals surface area contributed by atoms with Gasteiger partial charge in [0.15, 0.2) is 0 Å². The lowest BCUT2D eigenvalue weighted by atomic mass is 10.1. The van der Waals surface area contributed by atoms with Crippen LogP contribution in [-0.4, -0.2) is 42.2 Å². The molecular formula is C13H25NO6. The van der Waals surface area contributed by atoms with E-state index >= 15 is 0 Å². The molecule has 0 rings (SSSR count). The largest absolute Gasteiger partial charge is 0.466 e. The first-order chi connectivity index (χ1) is 9.24. The number of carbonyl (C=O) groups is 2. The van der Waals surface area contributed by atoms with E-state index in [1.54, 1.807) is 20.8 Å². The highest BCUT2D eigenvalue weighted by molar-refractivity contribution is 5.68. The molecule has 0 fully saturated rings. The Bertz CT molecular complexity index is 300. The molecule has 118 valence electrons. The predicted octanol–water partition coefficient (Wildman–Crippen LogP) is 2.10. The summed E-state index contributed by atoms with van der Waals surface area (Å²) in [4.78, 5) is 26.2. The van der Waals surface area contributed by atoms with E-state index in [4.69, 9.17) is 14.7 Å². The lowest BCUT2D eigenvalue weighted by molar-refractivity contribution is -0.246. The number of carbonyl (C=O) groups excluding carboxylic acids is 2. The van der Waals surface area contributed by atoms with Gasteiger partial charge in [0.25, 0.3) is 0 Å². The molecule has 2 N–H and O–H groups in total. The second kappa shape index (κ2) is 9.55. The highest BCUT2D eigenvalue weighted by atomic mass is 17.1. The van der Waals surface area contributed by atoms with Gasteiger partial charge in [0.05, 0.1) is 12.6 Å². The van der Waals surface area contributed by atoms with Gasteiger partial charge in [0, 0.05) is 6.92 Å². The average molecular weight is 291 g/mol. The quantitative estimate of drug-likeness (QED) is 0.308. The number of nitrogens with one attached hydrogen (secondary N) is 1. The Kier molecular flexibility index (Phi) is 8.91. The third-order valence-corrected chi connectivity index (χ3v) is 2.25. The smallest absolute Gasteiger partial charge is 0.407 e. The Labute approximate surface area is 119 Å². The molecule has 0 radical (unpaired) electrons. The van der Waals surface area contributed by atoms with Crippen LogP contribution in [0.25, 0.3) is 0 Å². The Hall–Kier alpha value is -1.34. The van der Waals surface area contributed by atoms with Gasteiger partial charge < -0.3 is 14.8 Å². The van der Waals surface area contributed by atoms with E-state index in [9.17, 15) is 9.59 Å². The zero-order valence-electron chi connectivity index (χ0n) is 12.6. The fraction of sp³-hybridized carbons (Fsp3) is 0.846. The number of rotatable bonds is 8. The molecule has 0 aliphatic rings. The summed E-state index contributed by atoms with van der Waals surface area (Å²) in [5, 5.41) is 11.1. The Balaban J connectivity index is 3.97. The van der Waals surface area contributed by atoms with Gasteiger partial charge >= 0.3 is 12.1 Å². The van der Waals surface area contributed by atoms with Crippen LogP contribution in [0, 0.1) is 0 Å². The molecule has 0 aliphatic heterocycles. The third-order valence-electron chi connectivity index (χ3n) is 2.25. The summed E-state index contributed by atoms with van der Waals surface area (Å²) in [7, 11) is 0. The molecule has 0 saturated heterocycles. The van der Waals surface area contributed by atoms with Crippen molar-refractivity contribution in [3.63, 3.8) is 0 Å². The van der Waals surface area contributed by atoms with E-state index in [1.165, 1.54) is 6.92 Å². The standard InChI is InChI=1S/C13H25NO6/c1-10(15)18-8-6-5-7-11(9-19-17)14-12(16)20-13(2,3)4/h11,17H,5-9H2,1-4H3,(H,14,16). The summed E-state index contributed by atoms with van der Waals surface area (Å²) in [6.07, 6.45) is 1.43. The molecule has 0 spiro atoms. The number of unbranched alkanes of at least 4 members (excludes halogenated alkanes) is 1. The molecular weight excluding hydrogens is 266 g/mol. The topological polar surface area (TPSA) is 94.1 Å². The Morgan fingerprint density at radius 2 is 1.90 bits per heavy atom. The first-order valence-electron chi connectivity index (χ1n) is 6.64. The van der Waals surface area contributed by atoms with E-state index in [-0.39, 0.29) is 18.6 Å². The molecule has 0 saturated carbocycles. The maximum atomic E-state index is 11.6. The molecule has 7 nitrogen and oxygen atoms in total. The van der Waals surface area contributed by atoms with E-state index in [0.717, 1.165) is 6.42 Å². The third kappa shape index (κ3) is 11.7. The molecule has 7 heteroatoms. The second-order valence-corrected chi connectivity index (χ2v) is 5.47. The van der Waals surface area contributed by atoms with Gasteiger partial charge in [-0.2, -0.15) is 0 Å². The van der Waals surface area contributed by atoms with Crippen molar-refractivity contribution in [1.29, 1.82) is 0 Å². The second-order valence-electron chi connectivity index (χ2n) is 5.47. The van der Waals surface area contributed by atoms with E-state index in [0.29, 0.717) is 19.4 Å². The van der Waals surface area contributed by atoms with Crippen LogP contribution < -0.4 is 5.32 Å². The van der Waals surface area contributed by atoms with Crippen LogP contribution in [0.5, 0.6) is 0 Å². The van der Waals surface area contributed by atoms with Crippen LogP contribution >= 0.6 is 0 Å². The van der Waals surface area contributed by atoms with Crippen molar-refractivity contribution in [3.05, 3.63) is 0 Å². The van der Waals surface area contributed by atoms with E-state index < -0.39 is 11.7 Å². The lowest BCUT2D eigenvalue weighted by Crippen LogP contribution is -2.41. The highest BCUT2D eigenvalue weighted by Crippen LogP contribution is 2.08. The van der Waals surface area contributed by atoms with Gasteiger partial charge in [-0.1, -0.05) is 0 Å². The molecule has 0 heterocycles. The van der Waals surface area contributed by atoms with Crippen molar-refractivity contribution in [3.8, 4) is 0 Å². The van der Waals surface area contributed by atoms with Gasteiger partial charge in [-0.25, -0.2) is 9.68 Å². The molecule has 1 unspecified atom stereocenters. The number of hydrogen-bond acceptors (Lipinski definition) is 6.